The van der Waals surface area contributed by atoms with Crippen LogP contribution in [0.5, 0.6) is 0 Å². The molecule has 2 atom stereocenters. The standard InChI is InChI=1S/C24H29NO7/c1-5-13-30-23(29)25-19(14-21(27)32-24(2,3)4)20(26)15-31-22(28)18-12-8-10-16-9-6-7-11-17(16)18/h5-12,19-20,26H,1,13-15H2,2-4H3,(H,25,29)/t19-,20-/m0/s1. The highest BCUT2D eigenvalue weighted by Gasteiger charge is 2.29. The second-order valence-electron chi connectivity index (χ2n) is 8.12. The number of alkyl carbamates (subject to hydrolysis) is 1. The van der Waals surface area contributed by atoms with Crippen molar-refractivity contribution in [3.8, 4) is 0 Å². The van der Waals surface area contributed by atoms with E-state index in [9.17, 15) is 19.5 Å². The first-order valence-corrected chi connectivity index (χ1v) is 10.2. The van der Waals surface area contributed by atoms with E-state index in [0.717, 1.165) is 5.39 Å². The number of carbonyl (C=O) groups excluding carboxylic acids is 3. The van der Waals surface area contributed by atoms with Gasteiger partial charge in [0, 0.05) is 0 Å². The van der Waals surface area contributed by atoms with Gasteiger partial charge < -0.3 is 24.6 Å². The van der Waals surface area contributed by atoms with Crippen LogP contribution in [0.1, 0.15) is 37.6 Å². The quantitative estimate of drug-likeness (QED) is 0.347. The molecule has 2 N–H and O–H groups in total. The van der Waals surface area contributed by atoms with Crippen molar-refractivity contribution in [2.24, 2.45) is 0 Å². The fraction of sp³-hybridized carbons (Fsp3) is 0.375. The number of hydrogen-bond acceptors (Lipinski definition) is 7. The lowest BCUT2D eigenvalue weighted by molar-refractivity contribution is -0.156. The second-order valence-corrected chi connectivity index (χ2v) is 8.12. The molecule has 0 aliphatic rings. The lowest BCUT2D eigenvalue weighted by Gasteiger charge is -2.25. The van der Waals surface area contributed by atoms with Gasteiger partial charge in [0.1, 0.15) is 24.9 Å². The van der Waals surface area contributed by atoms with Gasteiger partial charge in [0.05, 0.1) is 18.0 Å². The van der Waals surface area contributed by atoms with Gasteiger partial charge in [-0.3, -0.25) is 4.79 Å². The molecule has 0 saturated heterocycles. The maximum absolute atomic E-state index is 12.6. The zero-order valence-electron chi connectivity index (χ0n) is 18.5. The Morgan fingerprint density at radius 2 is 1.78 bits per heavy atom. The Hall–Kier alpha value is -3.39. The summed E-state index contributed by atoms with van der Waals surface area (Å²) >= 11 is 0. The van der Waals surface area contributed by atoms with Crippen LogP contribution in [0.3, 0.4) is 0 Å². The minimum atomic E-state index is -1.38. The average Bonchev–Trinajstić information content (AvgIpc) is 2.73. The normalized spacial score (nSPS) is 13.0. The molecule has 0 radical (unpaired) electrons. The Bertz CT molecular complexity index is 959. The number of benzene rings is 2. The van der Waals surface area contributed by atoms with Gasteiger partial charge in [0.25, 0.3) is 0 Å². The molecular formula is C24H29NO7. The lowest BCUT2D eigenvalue weighted by atomic mass is 10.0. The van der Waals surface area contributed by atoms with Gasteiger partial charge >= 0.3 is 18.0 Å². The zero-order valence-corrected chi connectivity index (χ0v) is 18.5. The maximum Gasteiger partial charge on any atom is 0.407 e. The number of nitrogens with one attached hydrogen (secondary N) is 1. The minimum Gasteiger partial charge on any atom is -0.460 e. The summed E-state index contributed by atoms with van der Waals surface area (Å²) in [5.41, 5.74) is -0.395. The minimum absolute atomic E-state index is 0.0445. The molecule has 0 fully saturated rings. The summed E-state index contributed by atoms with van der Waals surface area (Å²) in [7, 11) is 0. The van der Waals surface area contributed by atoms with E-state index in [1.54, 1.807) is 39.0 Å². The van der Waals surface area contributed by atoms with Crippen LogP contribution in [0.2, 0.25) is 0 Å². The summed E-state index contributed by atoms with van der Waals surface area (Å²) in [5, 5.41) is 14.6. The van der Waals surface area contributed by atoms with E-state index in [1.165, 1.54) is 6.08 Å². The summed E-state index contributed by atoms with van der Waals surface area (Å²) in [5.74, 6) is -1.27. The van der Waals surface area contributed by atoms with Crippen molar-refractivity contribution in [1.82, 2.24) is 5.32 Å². The van der Waals surface area contributed by atoms with Crippen LogP contribution >= 0.6 is 0 Å². The largest absolute Gasteiger partial charge is 0.460 e. The van der Waals surface area contributed by atoms with Gasteiger partial charge in [0.2, 0.25) is 0 Å². The van der Waals surface area contributed by atoms with E-state index in [2.05, 4.69) is 11.9 Å². The van der Waals surface area contributed by atoms with Gasteiger partial charge in [-0.05, 0) is 37.6 Å². The van der Waals surface area contributed by atoms with E-state index in [4.69, 9.17) is 14.2 Å². The van der Waals surface area contributed by atoms with E-state index in [1.807, 2.05) is 24.3 Å². The summed E-state index contributed by atoms with van der Waals surface area (Å²) in [6.07, 6.45) is -1.19. The highest BCUT2D eigenvalue weighted by atomic mass is 16.6. The predicted octanol–water partition coefficient (Wildman–Crippen LogP) is 3.37. The van der Waals surface area contributed by atoms with Crippen molar-refractivity contribution in [2.75, 3.05) is 13.2 Å². The molecule has 0 aliphatic carbocycles. The number of aliphatic hydroxyl groups is 1. The number of amides is 1. The van der Waals surface area contributed by atoms with Crippen molar-refractivity contribution in [3.63, 3.8) is 0 Å². The summed E-state index contributed by atoms with van der Waals surface area (Å²) < 4.78 is 15.4. The third kappa shape index (κ3) is 7.70. The van der Waals surface area contributed by atoms with E-state index >= 15 is 0 Å². The molecule has 2 aromatic rings. The van der Waals surface area contributed by atoms with Crippen LogP contribution in [0.25, 0.3) is 10.8 Å². The predicted molar refractivity (Wildman–Crippen MR) is 119 cm³/mol. The molecule has 8 heteroatoms. The summed E-state index contributed by atoms with van der Waals surface area (Å²) in [6, 6.07) is 11.5. The molecule has 8 nitrogen and oxygen atoms in total. The maximum atomic E-state index is 12.6. The second kappa shape index (κ2) is 11.3. The molecule has 0 spiro atoms. The van der Waals surface area contributed by atoms with E-state index in [0.29, 0.717) is 10.9 Å². The molecular weight excluding hydrogens is 414 g/mol. The number of fused-ring (bicyclic) bond motifs is 1. The van der Waals surface area contributed by atoms with Crippen molar-refractivity contribution in [1.29, 1.82) is 0 Å². The third-order valence-electron chi connectivity index (χ3n) is 4.30. The molecule has 0 aromatic heterocycles. The summed E-state index contributed by atoms with van der Waals surface area (Å²) in [6.45, 7) is 8.06. The highest BCUT2D eigenvalue weighted by Crippen LogP contribution is 2.19. The number of esters is 2. The van der Waals surface area contributed by atoms with E-state index < -0.39 is 42.4 Å². The van der Waals surface area contributed by atoms with Gasteiger partial charge in [-0.1, -0.05) is 49.1 Å². The van der Waals surface area contributed by atoms with Crippen LogP contribution in [0, 0.1) is 0 Å². The number of hydrogen-bond donors (Lipinski definition) is 2. The number of rotatable bonds is 9. The smallest absolute Gasteiger partial charge is 0.407 e. The highest BCUT2D eigenvalue weighted by molar-refractivity contribution is 6.04. The van der Waals surface area contributed by atoms with Crippen LogP contribution in [-0.4, -0.2) is 54.1 Å². The molecule has 32 heavy (non-hydrogen) atoms. The zero-order chi connectivity index (χ0) is 23.7. The van der Waals surface area contributed by atoms with Crippen molar-refractivity contribution in [3.05, 3.63) is 60.7 Å². The van der Waals surface area contributed by atoms with Gasteiger partial charge in [-0.15, -0.1) is 0 Å². The average molecular weight is 443 g/mol. The van der Waals surface area contributed by atoms with Crippen LogP contribution in [0.15, 0.2) is 55.1 Å². The van der Waals surface area contributed by atoms with Crippen molar-refractivity contribution >= 4 is 28.8 Å². The molecule has 172 valence electrons. The molecule has 0 aliphatic heterocycles. The lowest BCUT2D eigenvalue weighted by Crippen LogP contribution is -2.47. The molecule has 0 unspecified atom stereocenters. The molecule has 0 heterocycles. The van der Waals surface area contributed by atoms with Gasteiger partial charge in [-0.25, -0.2) is 9.59 Å². The Labute approximate surface area is 187 Å². The fourth-order valence-electron chi connectivity index (χ4n) is 2.93. The molecule has 0 bridgehead atoms. The Kier molecular flexibility index (Phi) is 8.78. The molecule has 2 rings (SSSR count). The number of carbonyl (C=O) groups is 3. The summed E-state index contributed by atoms with van der Waals surface area (Å²) in [4.78, 5) is 36.8. The van der Waals surface area contributed by atoms with Crippen LogP contribution in [0.4, 0.5) is 4.79 Å². The third-order valence-corrected chi connectivity index (χ3v) is 4.30. The van der Waals surface area contributed by atoms with Crippen molar-refractivity contribution < 1.29 is 33.7 Å². The monoisotopic (exact) mass is 443 g/mol. The molecule has 0 saturated carbocycles. The van der Waals surface area contributed by atoms with Gasteiger partial charge in [0.15, 0.2) is 0 Å². The SMILES string of the molecule is C=CCOC(=O)N[C@@H](CC(=O)OC(C)(C)C)[C@@H](O)COC(=O)c1cccc2ccccc12. The first kappa shape index (κ1) is 24.9. The molecule has 2 aromatic carbocycles. The Balaban J connectivity index is 2.07. The number of ether oxygens (including phenoxy) is 3. The fourth-order valence-corrected chi connectivity index (χ4v) is 2.93. The van der Waals surface area contributed by atoms with Gasteiger partial charge in [-0.2, -0.15) is 0 Å². The molecule has 1 amide bonds. The Morgan fingerprint density at radius 3 is 2.47 bits per heavy atom. The van der Waals surface area contributed by atoms with Crippen molar-refractivity contribution in [2.45, 2.75) is 44.9 Å². The topological polar surface area (TPSA) is 111 Å². The van der Waals surface area contributed by atoms with Crippen LogP contribution in [-0.2, 0) is 19.0 Å². The van der Waals surface area contributed by atoms with E-state index in [-0.39, 0.29) is 13.0 Å². The van der Waals surface area contributed by atoms with Crippen LogP contribution < -0.4 is 5.32 Å². The first-order chi connectivity index (χ1) is 15.1. The first-order valence-electron chi connectivity index (χ1n) is 10.2. The Morgan fingerprint density at radius 1 is 1.09 bits per heavy atom. The number of aliphatic hydroxyl groups excluding tert-OH is 1.